The Balaban J connectivity index is 1.51. The highest BCUT2D eigenvalue weighted by molar-refractivity contribution is 5.81. The number of fused-ring (bicyclic) bond motifs is 1. The summed E-state index contributed by atoms with van der Waals surface area (Å²) in [5.74, 6) is 0.890. The normalized spacial score (nSPS) is 22.6. The number of anilines is 2. The summed E-state index contributed by atoms with van der Waals surface area (Å²) in [4.78, 5) is 14.7. The van der Waals surface area contributed by atoms with E-state index in [1.54, 1.807) is 6.33 Å². The molecule has 5 N–H and O–H groups in total. The van der Waals surface area contributed by atoms with Gasteiger partial charge in [-0.15, -0.1) is 0 Å². The van der Waals surface area contributed by atoms with E-state index < -0.39 is 18.1 Å². The third kappa shape index (κ3) is 3.77. The Morgan fingerprint density at radius 1 is 1.22 bits per heavy atom. The predicted molar refractivity (Wildman–Crippen MR) is 118 cm³/mol. The molecule has 3 heterocycles. The van der Waals surface area contributed by atoms with Crippen molar-refractivity contribution in [2.75, 3.05) is 23.7 Å². The summed E-state index contributed by atoms with van der Waals surface area (Å²) in [6.45, 7) is 1.34. The van der Waals surface area contributed by atoms with Crippen LogP contribution in [0.15, 0.2) is 30.9 Å². The Kier molecular flexibility index (Phi) is 5.21. The zero-order valence-electron chi connectivity index (χ0n) is 17.7. The zero-order chi connectivity index (χ0) is 22.5. The largest absolute Gasteiger partial charge is 0.385 e. The number of nitrogens with two attached hydrogens (primary N) is 2. The van der Waals surface area contributed by atoms with Crippen LogP contribution in [0, 0.1) is 0 Å². The van der Waals surface area contributed by atoms with Crippen molar-refractivity contribution in [2.45, 2.75) is 56.2 Å². The third-order valence-electron chi connectivity index (χ3n) is 6.65. The number of halogens is 2. The van der Waals surface area contributed by atoms with Crippen LogP contribution in [0.1, 0.15) is 42.7 Å². The van der Waals surface area contributed by atoms with Gasteiger partial charge in [-0.25, -0.2) is 23.7 Å². The van der Waals surface area contributed by atoms with Gasteiger partial charge in [0.25, 0.3) is 6.43 Å². The van der Waals surface area contributed by atoms with Gasteiger partial charge in [-0.05, 0) is 48.8 Å². The van der Waals surface area contributed by atoms with E-state index >= 15 is 0 Å². The molecule has 5 rings (SSSR count). The Labute approximate surface area is 184 Å². The molecular weight excluding hydrogens is 416 g/mol. The molecule has 32 heavy (non-hydrogen) atoms. The van der Waals surface area contributed by atoms with E-state index in [1.807, 2.05) is 15.5 Å². The number of aliphatic hydroxyl groups is 1. The van der Waals surface area contributed by atoms with Crippen LogP contribution in [0.5, 0.6) is 0 Å². The highest BCUT2D eigenvalue weighted by Gasteiger charge is 2.43. The topological polar surface area (TPSA) is 119 Å². The second-order valence-corrected chi connectivity index (χ2v) is 9.00. The summed E-state index contributed by atoms with van der Waals surface area (Å²) in [5.41, 5.74) is 15.3. The average molecular weight is 444 g/mol. The minimum Gasteiger partial charge on any atom is -0.385 e. The number of aromatic nitrogens is 4. The molecule has 1 aromatic carbocycles. The van der Waals surface area contributed by atoms with E-state index in [-0.39, 0.29) is 6.54 Å². The Morgan fingerprint density at radius 3 is 2.78 bits per heavy atom. The smallest absolute Gasteiger partial charge is 0.265 e. The fraction of sp³-hybridized carbons (Fsp3) is 0.500. The maximum Gasteiger partial charge on any atom is 0.265 e. The Bertz CT molecular complexity index is 1130. The molecule has 2 fully saturated rings. The monoisotopic (exact) mass is 443 g/mol. The molecule has 1 aliphatic carbocycles. The lowest BCUT2D eigenvalue weighted by Gasteiger charge is -2.44. The number of nitrogen functional groups attached to an aromatic ring is 1. The van der Waals surface area contributed by atoms with Crippen LogP contribution in [-0.4, -0.2) is 55.8 Å². The van der Waals surface area contributed by atoms with Crippen molar-refractivity contribution in [3.05, 3.63) is 42.0 Å². The summed E-state index contributed by atoms with van der Waals surface area (Å²) in [7, 11) is 0. The molecule has 1 saturated heterocycles. The lowest BCUT2D eigenvalue weighted by molar-refractivity contribution is -0.0529. The van der Waals surface area contributed by atoms with E-state index in [4.69, 9.17) is 11.5 Å². The molecule has 1 saturated carbocycles. The maximum atomic E-state index is 13.3. The second kappa shape index (κ2) is 7.93. The van der Waals surface area contributed by atoms with Crippen molar-refractivity contribution in [3.8, 4) is 0 Å². The number of alkyl halides is 2. The van der Waals surface area contributed by atoms with Crippen LogP contribution in [0.25, 0.3) is 11.2 Å². The summed E-state index contributed by atoms with van der Waals surface area (Å²) >= 11 is 0. The van der Waals surface area contributed by atoms with Crippen LogP contribution in [0.4, 0.5) is 20.3 Å². The van der Waals surface area contributed by atoms with Crippen molar-refractivity contribution in [3.63, 3.8) is 0 Å². The van der Waals surface area contributed by atoms with Crippen LogP contribution in [0.3, 0.4) is 0 Å². The number of benzene rings is 1. The van der Waals surface area contributed by atoms with Gasteiger partial charge in [0.1, 0.15) is 17.9 Å². The lowest BCUT2D eigenvalue weighted by Crippen LogP contribution is -2.63. The number of hydrogen-bond donors (Lipinski definition) is 3. The number of rotatable bonds is 6. The minimum atomic E-state index is -2.88. The van der Waals surface area contributed by atoms with Crippen molar-refractivity contribution in [1.29, 1.82) is 0 Å². The molecule has 0 spiro atoms. The fourth-order valence-electron chi connectivity index (χ4n) is 4.72. The van der Waals surface area contributed by atoms with Gasteiger partial charge in [-0.3, -0.25) is 0 Å². The molecule has 0 bridgehead atoms. The quantitative estimate of drug-likeness (QED) is 0.535. The fourth-order valence-corrected chi connectivity index (χ4v) is 4.72. The first-order valence-electron chi connectivity index (χ1n) is 10.9. The van der Waals surface area contributed by atoms with E-state index in [0.29, 0.717) is 48.8 Å². The second-order valence-electron chi connectivity index (χ2n) is 9.00. The van der Waals surface area contributed by atoms with Gasteiger partial charge in [-0.2, -0.15) is 0 Å². The van der Waals surface area contributed by atoms with Gasteiger partial charge >= 0.3 is 0 Å². The standard InChI is InChI=1S/C22H27F2N7O/c23-19(24)18(32)22(26)6-1-7-30(10-22)16-5-4-14(13-2-3-13)8-15(16)9-31-12-29-17-20(25)27-11-28-21(17)31/h4-5,8,11-13,18-19,32H,1-3,6-7,9-10,26H2,(H2,25,27,28)/t18-,22-/m1/s1. The Hall–Kier alpha value is -2.85. The van der Waals surface area contributed by atoms with Crippen molar-refractivity contribution in [2.24, 2.45) is 5.73 Å². The molecule has 0 unspecified atom stereocenters. The number of hydrogen-bond acceptors (Lipinski definition) is 7. The van der Waals surface area contributed by atoms with E-state index in [9.17, 15) is 13.9 Å². The van der Waals surface area contributed by atoms with E-state index in [1.165, 1.54) is 24.7 Å². The molecule has 0 radical (unpaired) electrons. The van der Waals surface area contributed by atoms with Crippen molar-refractivity contribution < 1.29 is 13.9 Å². The number of imidazole rings is 1. The van der Waals surface area contributed by atoms with E-state index in [2.05, 4.69) is 27.1 Å². The highest BCUT2D eigenvalue weighted by atomic mass is 19.3. The summed E-state index contributed by atoms with van der Waals surface area (Å²) < 4.78 is 28.4. The third-order valence-corrected chi connectivity index (χ3v) is 6.65. The van der Waals surface area contributed by atoms with Gasteiger partial charge < -0.3 is 26.0 Å². The molecule has 170 valence electrons. The molecule has 3 aromatic rings. The lowest BCUT2D eigenvalue weighted by atomic mass is 9.84. The predicted octanol–water partition coefficient (Wildman–Crippen LogP) is 2.26. The molecular formula is C22H27F2N7O. The van der Waals surface area contributed by atoms with Crippen LogP contribution < -0.4 is 16.4 Å². The molecule has 1 aliphatic heterocycles. The van der Waals surface area contributed by atoms with Gasteiger partial charge in [0.2, 0.25) is 0 Å². The molecule has 2 aromatic heterocycles. The van der Waals surface area contributed by atoms with Crippen LogP contribution in [0.2, 0.25) is 0 Å². The number of aliphatic hydroxyl groups excluding tert-OH is 1. The maximum absolute atomic E-state index is 13.3. The summed E-state index contributed by atoms with van der Waals surface area (Å²) in [6, 6.07) is 6.34. The summed E-state index contributed by atoms with van der Waals surface area (Å²) in [6.07, 6.45) is 1.69. The first-order chi connectivity index (χ1) is 15.4. The first kappa shape index (κ1) is 21.0. The molecule has 2 aliphatic rings. The van der Waals surface area contributed by atoms with Gasteiger partial charge in [0.05, 0.1) is 18.4 Å². The Morgan fingerprint density at radius 2 is 2.03 bits per heavy atom. The van der Waals surface area contributed by atoms with Crippen molar-refractivity contribution >= 4 is 22.7 Å². The van der Waals surface area contributed by atoms with E-state index in [0.717, 1.165) is 11.3 Å². The molecule has 8 nitrogen and oxygen atoms in total. The van der Waals surface area contributed by atoms with Gasteiger partial charge in [0.15, 0.2) is 11.5 Å². The zero-order valence-corrected chi connectivity index (χ0v) is 17.7. The average Bonchev–Trinajstić information content (AvgIpc) is 3.55. The van der Waals surface area contributed by atoms with Crippen LogP contribution >= 0.6 is 0 Å². The number of piperidine rings is 1. The van der Waals surface area contributed by atoms with Gasteiger partial charge in [-0.1, -0.05) is 12.1 Å². The number of nitrogens with zero attached hydrogens (tertiary/aromatic N) is 5. The molecule has 10 heteroatoms. The molecule has 2 atom stereocenters. The van der Waals surface area contributed by atoms with Crippen LogP contribution in [-0.2, 0) is 6.54 Å². The van der Waals surface area contributed by atoms with Gasteiger partial charge in [0, 0.05) is 18.8 Å². The highest BCUT2D eigenvalue weighted by Crippen LogP contribution is 2.42. The summed E-state index contributed by atoms with van der Waals surface area (Å²) in [5, 5.41) is 10.1. The SMILES string of the molecule is Nc1ncnc2c1ncn2Cc1cc(C2CC2)ccc1N1CCC[C@](N)([C@H](O)C(F)F)C1. The molecule has 0 amide bonds. The van der Waals surface area contributed by atoms with Crippen molar-refractivity contribution in [1.82, 2.24) is 19.5 Å². The minimum absolute atomic E-state index is 0.161. The first-order valence-corrected chi connectivity index (χ1v) is 10.9.